The normalized spacial score (nSPS) is 10.1. The van der Waals surface area contributed by atoms with Crippen LogP contribution >= 0.6 is 0 Å². The highest BCUT2D eigenvalue weighted by molar-refractivity contribution is 6.01. The Hall–Kier alpha value is -1.83. The van der Waals surface area contributed by atoms with Gasteiger partial charge in [0, 0.05) is 0 Å². The lowest BCUT2D eigenvalue weighted by molar-refractivity contribution is -0.110. The minimum absolute atomic E-state index is 0.0965. The van der Waals surface area contributed by atoms with Crippen LogP contribution in [0.3, 0.4) is 0 Å². The van der Waals surface area contributed by atoms with Gasteiger partial charge >= 0.3 is 0 Å². The molecule has 0 heterocycles. The monoisotopic (exact) mass is 188 g/mol. The highest BCUT2D eigenvalue weighted by atomic mass is 16.5. The Morgan fingerprint density at radius 3 is 2.50 bits per heavy atom. The number of carbonyl (C=O) groups is 1. The maximum Gasteiger partial charge on any atom is 0.178 e. The number of ether oxygens (including phenoxy) is 1. The number of carbonyl (C=O) groups excluding carboxylic acids is 1. The van der Waals surface area contributed by atoms with Gasteiger partial charge in [0.1, 0.15) is 5.75 Å². The predicted octanol–water partition coefficient (Wildman–Crippen LogP) is 2.46. The van der Waals surface area contributed by atoms with Crippen molar-refractivity contribution in [2.45, 2.75) is 0 Å². The number of methoxy groups -OCH3 is 1. The first-order valence-corrected chi connectivity index (χ1v) is 4.25. The van der Waals surface area contributed by atoms with Gasteiger partial charge in [-0.05, 0) is 29.8 Å². The summed E-state index contributed by atoms with van der Waals surface area (Å²) in [7, 11) is 1.62. The van der Waals surface area contributed by atoms with Crippen molar-refractivity contribution in [1.29, 1.82) is 0 Å². The van der Waals surface area contributed by atoms with Gasteiger partial charge in [-0.3, -0.25) is 4.79 Å². The first kappa shape index (κ1) is 10.3. The third kappa shape index (κ3) is 2.90. The molecule has 0 aromatic heterocycles. The maximum atomic E-state index is 10.9. The number of rotatable bonds is 4. The maximum absolute atomic E-state index is 10.9. The molecule has 0 saturated heterocycles. The fourth-order valence-corrected chi connectivity index (χ4v) is 0.961. The average molecular weight is 188 g/mol. The summed E-state index contributed by atoms with van der Waals surface area (Å²) >= 11 is 0. The van der Waals surface area contributed by atoms with Crippen molar-refractivity contribution < 1.29 is 9.53 Å². The molecule has 0 radical (unpaired) electrons. The molecule has 0 atom stereocenters. The number of hydrogen-bond donors (Lipinski definition) is 0. The van der Waals surface area contributed by atoms with E-state index in [2.05, 4.69) is 6.58 Å². The highest BCUT2D eigenvalue weighted by Crippen LogP contribution is 2.12. The smallest absolute Gasteiger partial charge is 0.178 e. The first-order chi connectivity index (χ1) is 6.76. The van der Waals surface area contributed by atoms with Crippen LogP contribution in [0.2, 0.25) is 0 Å². The Bertz CT molecular complexity index is 347. The van der Waals surface area contributed by atoms with Gasteiger partial charge in [-0.25, -0.2) is 0 Å². The fourth-order valence-electron chi connectivity index (χ4n) is 0.961. The second-order valence-electron chi connectivity index (χ2n) is 2.71. The molecule has 0 N–H and O–H groups in total. The van der Waals surface area contributed by atoms with Crippen LogP contribution in [-0.4, -0.2) is 12.9 Å². The molecule has 0 bridgehead atoms. The SMILES string of the molecule is C=CC(=O)/C=C/c1ccc(OC)cc1. The van der Waals surface area contributed by atoms with E-state index in [9.17, 15) is 4.79 Å². The summed E-state index contributed by atoms with van der Waals surface area (Å²) in [6, 6.07) is 7.45. The number of ketones is 1. The molecule has 72 valence electrons. The second-order valence-corrected chi connectivity index (χ2v) is 2.71. The fraction of sp³-hybridized carbons (Fsp3) is 0.0833. The Labute approximate surface area is 83.5 Å². The standard InChI is InChI=1S/C12H12O2/c1-3-11(13)7-4-10-5-8-12(14-2)9-6-10/h3-9H,1H2,2H3/b7-4+. The molecule has 0 fully saturated rings. The van der Waals surface area contributed by atoms with Crippen LogP contribution in [0.25, 0.3) is 6.08 Å². The van der Waals surface area contributed by atoms with Gasteiger partial charge in [0.15, 0.2) is 5.78 Å². The van der Waals surface area contributed by atoms with Crippen LogP contribution in [0, 0.1) is 0 Å². The van der Waals surface area contributed by atoms with Crippen molar-refractivity contribution in [2.75, 3.05) is 7.11 Å². The summed E-state index contributed by atoms with van der Waals surface area (Å²) in [4.78, 5) is 10.9. The lowest BCUT2D eigenvalue weighted by atomic mass is 10.2. The van der Waals surface area contributed by atoms with Crippen LogP contribution in [0.1, 0.15) is 5.56 Å². The Kier molecular flexibility index (Phi) is 3.68. The van der Waals surface area contributed by atoms with Gasteiger partial charge in [0.05, 0.1) is 7.11 Å². The summed E-state index contributed by atoms with van der Waals surface area (Å²) in [5.41, 5.74) is 0.959. The molecule has 2 nitrogen and oxygen atoms in total. The molecule has 0 aliphatic carbocycles. The summed E-state index contributed by atoms with van der Waals surface area (Å²) in [6.07, 6.45) is 4.50. The zero-order chi connectivity index (χ0) is 10.4. The van der Waals surface area contributed by atoms with Crippen molar-refractivity contribution in [3.8, 4) is 5.75 Å². The third-order valence-electron chi connectivity index (χ3n) is 1.76. The van der Waals surface area contributed by atoms with Gasteiger partial charge in [0.2, 0.25) is 0 Å². The van der Waals surface area contributed by atoms with Gasteiger partial charge in [-0.1, -0.05) is 24.8 Å². The molecular weight excluding hydrogens is 176 g/mol. The molecule has 0 saturated carbocycles. The number of hydrogen-bond acceptors (Lipinski definition) is 2. The van der Waals surface area contributed by atoms with Crippen LogP contribution < -0.4 is 4.74 Å². The Balaban J connectivity index is 2.73. The Morgan fingerprint density at radius 1 is 1.36 bits per heavy atom. The lowest BCUT2D eigenvalue weighted by Crippen LogP contribution is -1.84. The van der Waals surface area contributed by atoms with E-state index in [-0.39, 0.29) is 5.78 Å². The highest BCUT2D eigenvalue weighted by Gasteiger charge is 1.91. The number of benzene rings is 1. The summed E-state index contributed by atoms with van der Waals surface area (Å²) in [5, 5.41) is 0. The molecule has 0 aliphatic rings. The van der Waals surface area contributed by atoms with Crippen molar-refractivity contribution in [3.63, 3.8) is 0 Å². The molecular formula is C12H12O2. The molecule has 1 aromatic carbocycles. The predicted molar refractivity (Wildman–Crippen MR) is 57.2 cm³/mol. The zero-order valence-corrected chi connectivity index (χ0v) is 8.07. The van der Waals surface area contributed by atoms with Crippen LogP contribution in [0.4, 0.5) is 0 Å². The molecule has 0 spiro atoms. The summed E-state index contributed by atoms with van der Waals surface area (Å²) in [5.74, 6) is 0.706. The van der Waals surface area contributed by atoms with E-state index >= 15 is 0 Å². The number of allylic oxidation sites excluding steroid dienone is 2. The average Bonchev–Trinajstić information content (AvgIpc) is 2.26. The zero-order valence-electron chi connectivity index (χ0n) is 8.07. The van der Waals surface area contributed by atoms with E-state index in [1.807, 2.05) is 24.3 Å². The van der Waals surface area contributed by atoms with E-state index in [0.717, 1.165) is 11.3 Å². The molecule has 0 unspecified atom stereocenters. The summed E-state index contributed by atoms with van der Waals surface area (Å²) < 4.78 is 5.01. The van der Waals surface area contributed by atoms with Crippen LogP contribution in [0.5, 0.6) is 5.75 Å². The van der Waals surface area contributed by atoms with E-state index in [4.69, 9.17) is 4.74 Å². The molecule has 14 heavy (non-hydrogen) atoms. The van der Waals surface area contributed by atoms with Gasteiger partial charge in [-0.15, -0.1) is 0 Å². The minimum atomic E-state index is -0.0965. The molecule has 0 aliphatic heterocycles. The van der Waals surface area contributed by atoms with Gasteiger partial charge in [0.25, 0.3) is 0 Å². The van der Waals surface area contributed by atoms with Crippen LogP contribution in [0.15, 0.2) is 43.0 Å². The van der Waals surface area contributed by atoms with Crippen molar-refractivity contribution in [1.82, 2.24) is 0 Å². The topological polar surface area (TPSA) is 26.3 Å². The largest absolute Gasteiger partial charge is 0.497 e. The van der Waals surface area contributed by atoms with E-state index in [1.165, 1.54) is 12.2 Å². The van der Waals surface area contributed by atoms with Crippen molar-refractivity contribution in [2.24, 2.45) is 0 Å². The van der Waals surface area contributed by atoms with Crippen LogP contribution in [-0.2, 0) is 4.79 Å². The summed E-state index contributed by atoms with van der Waals surface area (Å²) in [6.45, 7) is 3.38. The Morgan fingerprint density at radius 2 is 2.00 bits per heavy atom. The van der Waals surface area contributed by atoms with E-state index < -0.39 is 0 Å². The van der Waals surface area contributed by atoms with E-state index in [0.29, 0.717) is 0 Å². The molecule has 0 amide bonds. The third-order valence-corrected chi connectivity index (χ3v) is 1.76. The molecule has 1 rings (SSSR count). The van der Waals surface area contributed by atoms with Crippen molar-refractivity contribution >= 4 is 11.9 Å². The second kappa shape index (κ2) is 5.02. The van der Waals surface area contributed by atoms with Gasteiger partial charge in [-0.2, -0.15) is 0 Å². The first-order valence-electron chi connectivity index (χ1n) is 4.25. The minimum Gasteiger partial charge on any atom is -0.497 e. The van der Waals surface area contributed by atoms with Crippen molar-refractivity contribution in [3.05, 3.63) is 48.6 Å². The molecule has 1 aromatic rings. The quantitative estimate of drug-likeness (QED) is 0.678. The lowest BCUT2D eigenvalue weighted by Gasteiger charge is -1.98. The molecule has 2 heteroatoms. The van der Waals surface area contributed by atoms with Gasteiger partial charge < -0.3 is 4.74 Å². The van der Waals surface area contributed by atoms with E-state index in [1.54, 1.807) is 13.2 Å².